The van der Waals surface area contributed by atoms with E-state index in [9.17, 15) is 8.42 Å². The van der Waals surface area contributed by atoms with Crippen molar-refractivity contribution in [3.05, 3.63) is 16.3 Å². The Hall–Kier alpha value is -0.140. The number of hydrogen-bond donors (Lipinski definition) is 0. The summed E-state index contributed by atoms with van der Waals surface area (Å²) in [4.78, 5) is 1.25. The van der Waals surface area contributed by atoms with Gasteiger partial charge in [0.2, 0.25) is 10.0 Å². The van der Waals surface area contributed by atoms with Crippen LogP contribution >= 0.6 is 22.9 Å². The van der Waals surface area contributed by atoms with Crippen LogP contribution in [0.3, 0.4) is 0 Å². The van der Waals surface area contributed by atoms with Crippen molar-refractivity contribution in [3.63, 3.8) is 0 Å². The van der Waals surface area contributed by atoms with Gasteiger partial charge in [-0.2, -0.15) is 4.31 Å². The van der Waals surface area contributed by atoms with Gasteiger partial charge in [0.25, 0.3) is 0 Å². The largest absolute Gasteiger partial charge is 0.372 e. The predicted octanol–water partition coefficient (Wildman–Crippen LogP) is 2.04. The molecule has 2 atom stereocenters. The van der Waals surface area contributed by atoms with Crippen molar-refractivity contribution in [2.24, 2.45) is 0 Å². The van der Waals surface area contributed by atoms with Gasteiger partial charge in [0.05, 0.1) is 23.0 Å². The highest BCUT2D eigenvalue weighted by molar-refractivity contribution is 7.89. The smallest absolute Gasteiger partial charge is 0.244 e. The lowest BCUT2D eigenvalue weighted by Crippen LogP contribution is -2.45. The first-order chi connectivity index (χ1) is 8.59. The van der Waals surface area contributed by atoms with Crippen LogP contribution in [0.15, 0.2) is 16.3 Å². The summed E-state index contributed by atoms with van der Waals surface area (Å²) in [6.45, 7) is 0.954. The first-order valence-electron chi connectivity index (χ1n) is 5.88. The Bertz CT molecular complexity index is 530. The van der Waals surface area contributed by atoms with Crippen LogP contribution in [-0.4, -0.2) is 38.0 Å². The molecule has 100 valence electrons. The lowest BCUT2D eigenvalue weighted by atomic mass is 10.2. The van der Waals surface area contributed by atoms with Crippen LogP contribution in [-0.2, 0) is 20.6 Å². The number of halogens is 1. The summed E-state index contributed by atoms with van der Waals surface area (Å²) in [6.07, 6.45) is 2.08. The number of hydrogen-bond acceptors (Lipinski definition) is 4. The van der Waals surface area contributed by atoms with E-state index in [1.165, 1.54) is 11.3 Å². The second kappa shape index (κ2) is 4.76. The quantitative estimate of drug-likeness (QED) is 0.803. The molecule has 0 radical (unpaired) electrons. The molecule has 2 saturated heterocycles. The molecule has 3 heterocycles. The molecule has 2 fully saturated rings. The Morgan fingerprint density at radius 1 is 1.39 bits per heavy atom. The number of rotatable bonds is 3. The van der Waals surface area contributed by atoms with E-state index < -0.39 is 10.0 Å². The Morgan fingerprint density at radius 2 is 2.06 bits per heavy atom. The molecule has 18 heavy (non-hydrogen) atoms. The van der Waals surface area contributed by atoms with Crippen molar-refractivity contribution in [1.29, 1.82) is 0 Å². The fourth-order valence-corrected chi connectivity index (χ4v) is 5.37. The van der Waals surface area contributed by atoms with Crippen LogP contribution in [0.4, 0.5) is 0 Å². The fourth-order valence-electron chi connectivity index (χ4n) is 2.49. The van der Waals surface area contributed by atoms with E-state index in [1.807, 2.05) is 0 Å². The summed E-state index contributed by atoms with van der Waals surface area (Å²) in [7, 11) is -3.37. The third-order valence-electron chi connectivity index (χ3n) is 3.41. The van der Waals surface area contributed by atoms with Gasteiger partial charge in [-0.05, 0) is 18.9 Å². The molecule has 2 unspecified atom stereocenters. The summed E-state index contributed by atoms with van der Waals surface area (Å²) >= 11 is 7.10. The van der Waals surface area contributed by atoms with Gasteiger partial charge in [-0.1, -0.05) is 0 Å². The molecule has 7 heteroatoms. The van der Waals surface area contributed by atoms with Gasteiger partial charge in [-0.15, -0.1) is 22.9 Å². The van der Waals surface area contributed by atoms with Gasteiger partial charge < -0.3 is 4.74 Å². The molecular formula is C11H14ClNO3S2. The van der Waals surface area contributed by atoms with Crippen LogP contribution in [0.25, 0.3) is 0 Å². The maximum atomic E-state index is 12.5. The average Bonchev–Trinajstić information content (AvgIpc) is 2.96. The van der Waals surface area contributed by atoms with E-state index >= 15 is 0 Å². The molecule has 1 aromatic rings. The van der Waals surface area contributed by atoms with E-state index in [0.717, 1.165) is 17.7 Å². The maximum Gasteiger partial charge on any atom is 0.244 e. The number of alkyl halides is 1. The van der Waals surface area contributed by atoms with Gasteiger partial charge in [0.1, 0.15) is 0 Å². The number of fused-ring (bicyclic) bond motifs is 2. The maximum absolute atomic E-state index is 12.5. The molecule has 0 amide bonds. The number of ether oxygens (including phenoxy) is 1. The lowest BCUT2D eigenvalue weighted by Gasteiger charge is -2.30. The Labute approximate surface area is 116 Å². The monoisotopic (exact) mass is 307 g/mol. The zero-order chi connectivity index (χ0) is 12.8. The molecular weight excluding hydrogens is 294 g/mol. The Morgan fingerprint density at radius 3 is 2.61 bits per heavy atom. The molecule has 0 spiro atoms. The second-order valence-electron chi connectivity index (χ2n) is 4.66. The first-order valence-corrected chi connectivity index (χ1v) is 8.74. The van der Waals surface area contributed by atoms with Crippen LogP contribution in [0.1, 0.15) is 17.7 Å². The summed E-state index contributed by atoms with van der Waals surface area (Å²) in [6, 6.07) is 1.67. The SMILES string of the molecule is O=S(=O)(c1csc(CCl)c1)N1CC2CCC(C1)O2. The van der Waals surface area contributed by atoms with Crippen molar-refractivity contribution >= 4 is 33.0 Å². The van der Waals surface area contributed by atoms with Crippen molar-refractivity contribution in [1.82, 2.24) is 4.31 Å². The molecule has 3 rings (SSSR count). The molecule has 0 aliphatic carbocycles. The number of thiophene rings is 1. The van der Waals surface area contributed by atoms with Crippen molar-refractivity contribution in [2.75, 3.05) is 13.1 Å². The summed E-state index contributed by atoms with van der Waals surface area (Å²) in [5.41, 5.74) is 0. The molecule has 2 aliphatic heterocycles. The highest BCUT2D eigenvalue weighted by Gasteiger charge is 2.39. The van der Waals surface area contributed by atoms with E-state index in [-0.39, 0.29) is 12.2 Å². The Balaban J connectivity index is 1.86. The highest BCUT2D eigenvalue weighted by Crippen LogP contribution is 2.31. The van der Waals surface area contributed by atoms with Gasteiger partial charge in [-0.25, -0.2) is 8.42 Å². The number of sulfonamides is 1. The first kappa shape index (κ1) is 12.9. The van der Waals surface area contributed by atoms with Crippen molar-refractivity contribution in [2.45, 2.75) is 35.8 Å². The third-order valence-corrected chi connectivity index (χ3v) is 6.75. The van der Waals surface area contributed by atoms with E-state index in [2.05, 4.69) is 0 Å². The zero-order valence-corrected chi connectivity index (χ0v) is 12.1. The van der Waals surface area contributed by atoms with Gasteiger partial charge >= 0.3 is 0 Å². The van der Waals surface area contributed by atoms with Crippen molar-refractivity contribution in [3.8, 4) is 0 Å². The summed E-state index contributed by atoms with van der Waals surface area (Å²) in [5.74, 6) is 0.356. The van der Waals surface area contributed by atoms with Gasteiger partial charge in [0.15, 0.2) is 0 Å². The molecule has 2 aliphatic rings. The number of morpholine rings is 1. The molecule has 1 aromatic heterocycles. The fraction of sp³-hybridized carbons (Fsp3) is 0.636. The molecule has 0 N–H and O–H groups in total. The molecule has 0 saturated carbocycles. The molecule has 4 nitrogen and oxygen atoms in total. The van der Waals surface area contributed by atoms with E-state index in [1.54, 1.807) is 15.8 Å². The predicted molar refractivity (Wildman–Crippen MR) is 70.5 cm³/mol. The minimum Gasteiger partial charge on any atom is -0.372 e. The van der Waals surface area contributed by atoms with Crippen LogP contribution < -0.4 is 0 Å². The average molecular weight is 308 g/mol. The standard InChI is InChI=1S/C11H14ClNO3S2/c12-4-10-3-11(7-17-10)18(14,15)13-5-8-1-2-9(6-13)16-8/h3,7-9H,1-2,4-6H2. The van der Waals surface area contributed by atoms with E-state index in [0.29, 0.717) is 23.9 Å². The highest BCUT2D eigenvalue weighted by atomic mass is 35.5. The molecule has 0 aromatic carbocycles. The molecule has 2 bridgehead atoms. The Kier molecular flexibility index (Phi) is 3.40. The van der Waals surface area contributed by atoms with Crippen LogP contribution in [0.2, 0.25) is 0 Å². The van der Waals surface area contributed by atoms with Crippen molar-refractivity contribution < 1.29 is 13.2 Å². The minimum absolute atomic E-state index is 0.0738. The summed E-state index contributed by atoms with van der Waals surface area (Å²) in [5, 5.41) is 1.67. The van der Waals surface area contributed by atoms with E-state index in [4.69, 9.17) is 16.3 Å². The number of nitrogens with zero attached hydrogens (tertiary/aromatic N) is 1. The van der Waals surface area contributed by atoms with Gasteiger partial charge in [0, 0.05) is 23.3 Å². The van der Waals surface area contributed by atoms with Crippen LogP contribution in [0.5, 0.6) is 0 Å². The second-order valence-corrected chi connectivity index (χ2v) is 7.86. The third kappa shape index (κ3) is 2.20. The summed E-state index contributed by atoms with van der Waals surface area (Å²) < 4.78 is 32.2. The van der Waals surface area contributed by atoms with Crippen LogP contribution in [0, 0.1) is 0 Å². The van der Waals surface area contributed by atoms with Gasteiger partial charge in [-0.3, -0.25) is 0 Å². The lowest BCUT2D eigenvalue weighted by molar-refractivity contribution is -0.0114. The normalized spacial score (nSPS) is 28.7. The minimum atomic E-state index is -3.37. The zero-order valence-electron chi connectivity index (χ0n) is 9.71. The topological polar surface area (TPSA) is 46.6 Å².